The first-order valence-electron chi connectivity index (χ1n) is 4.70. The first kappa shape index (κ1) is 11.8. The summed E-state index contributed by atoms with van der Waals surface area (Å²) in [5, 5.41) is 14.2. The molecule has 0 atom stereocenters. The molecule has 2 nitrogen and oxygen atoms in total. The number of thiophene rings is 2. The summed E-state index contributed by atoms with van der Waals surface area (Å²) in [6.45, 7) is 1.68. The van der Waals surface area contributed by atoms with Crippen molar-refractivity contribution in [2.24, 2.45) is 0 Å². The third-order valence-electron chi connectivity index (χ3n) is 2.02. The van der Waals surface area contributed by atoms with Crippen molar-refractivity contribution in [3.05, 3.63) is 42.7 Å². The van der Waals surface area contributed by atoms with Crippen molar-refractivity contribution in [1.82, 2.24) is 5.32 Å². The summed E-state index contributed by atoms with van der Waals surface area (Å²) < 4.78 is 1.16. The summed E-state index contributed by atoms with van der Waals surface area (Å²) in [6.07, 6.45) is 0. The second-order valence-electron chi connectivity index (χ2n) is 3.24. The van der Waals surface area contributed by atoms with Crippen molar-refractivity contribution in [2.45, 2.75) is 13.1 Å². The van der Waals surface area contributed by atoms with E-state index in [1.54, 1.807) is 22.7 Å². The Morgan fingerprint density at radius 3 is 2.88 bits per heavy atom. The molecule has 1 N–H and O–H groups in total. The summed E-state index contributed by atoms with van der Waals surface area (Å²) in [7, 11) is 0. The van der Waals surface area contributed by atoms with E-state index in [1.807, 2.05) is 12.1 Å². The molecular formula is C11H9BrN2S2. The highest BCUT2D eigenvalue weighted by Gasteiger charge is 2.00. The average Bonchev–Trinajstić information content (AvgIpc) is 2.88. The zero-order valence-corrected chi connectivity index (χ0v) is 11.6. The maximum absolute atomic E-state index is 8.69. The molecule has 0 saturated carbocycles. The van der Waals surface area contributed by atoms with Crippen LogP contribution < -0.4 is 5.32 Å². The van der Waals surface area contributed by atoms with Crippen molar-refractivity contribution in [3.8, 4) is 6.07 Å². The quantitative estimate of drug-likeness (QED) is 0.933. The fourth-order valence-electron chi connectivity index (χ4n) is 1.30. The molecule has 0 aliphatic rings. The molecule has 5 heteroatoms. The number of nitrogens with zero attached hydrogens (tertiary/aromatic N) is 1. The van der Waals surface area contributed by atoms with Crippen LogP contribution in [0.2, 0.25) is 0 Å². The fraction of sp³-hybridized carbons (Fsp3) is 0.182. The molecule has 0 aliphatic carbocycles. The van der Waals surface area contributed by atoms with Crippen LogP contribution in [0.25, 0.3) is 0 Å². The van der Waals surface area contributed by atoms with Crippen molar-refractivity contribution in [3.63, 3.8) is 0 Å². The second kappa shape index (κ2) is 5.60. The van der Waals surface area contributed by atoms with E-state index in [4.69, 9.17) is 5.26 Å². The summed E-state index contributed by atoms with van der Waals surface area (Å²) in [6, 6.07) is 8.13. The number of rotatable bonds is 4. The Kier molecular flexibility index (Phi) is 4.13. The highest BCUT2D eigenvalue weighted by atomic mass is 79.9. The minimum atomic E-state index is 0.773. The van der Waals surface area contributed by atoms with Gasteiger partial charge in [0, 0.05) is 18.0 Å². The molecule has 2 aromatic rings. The van der Waals surface area contributed by atoms with E-state index in [-0.39, 0.29) is 0 Å². The van der Waals surface area contributed by atoms with E-state index >= 15 is 0 Å². The highest BCUT2D eigenvalue weighted by Crippen LogP contribution is 2.20. The Morgan fingerprint density at radius 2 is 2.25 bits per heavy atom. The summed E-state index contributed by atoms with van der Waals surface area (Å²) in [5.74, 6) is 0. The average molecular weight is 313 g/mol. The van der Waals surface area contributed by atoms with Gasteiger partial charge in [-0.1, -0.05) is 0 Å². The monoisotopic (exact) mass is 312 g/mol. The van der Waals surface area contributed by atoms with Crippen LogP contribution in [-0.2, 0) is 13.1 Å². The molecule has 82 valence electrons. The minimum Gasteiger partial charge on any atom is -0.308 e. The Balaban J connectivity index is 1.82. The van der Waals surface area contributed by atoms with Gasteiger partial charge in [-0.3, -0.25) is 0 Å². The van der Waals surface area contributed by atoms with Gasteiger partial charge in [0.25, 0.3) is 0 Å². The van der Waals surface area contributed by atoms with Gasteiger partial charge in [-0.05, 0) is 45.1 Å². The van der Waals surface area contributed by atoms with Crippen LogP contribution in [0.3, 0.4) is 0 Å². The molecule has 2 aromatic heterocycles. The number of nitriles is 1. The third kappa shape index (κ3) is 3.16. The molecule has 16 heavy (non-hydrogen) atoms. The van der Waals surface area contributed by atoms with Gasteiger partial charge in [0.15, 0.2) is 0 Å². The standard InChI is InChI=1S/C11H9BrN2S2/c12-11-3-8(7-15-11)5-14-6-10-2-1-9(4-13)16-10/h1-3,7,14H,5-6H2. The Labute approximate surface area is 111 Å². The van der Waals surface area contributed by atoms with E-state index in [0.717, 1.165) is 21.8 Å². The summed E-state index contributed by atoms with van der Waals surface area (Å²) >= 11 is 6.68. The molecule has 0 spiro atoms. The molecule has 0 radical (unpaired) electrons. The Bertz CT molecular complexity index is 510. The van der Waals surface area contributed by atoms with Gasteiger partial charge >= 0.3 is 0 Å². The minimum absolute atomic E-state index is 0.773. The Hall–Kier alpha value is -0.670. The van der Waals surface area contributed by atoms with Gasteiger partial charge in [0.2, 0.25) is 0 Å². The van der Waals surface area contributed by atoms with Crippen molar-refractivity contribution in [2.75, 3.05) is 0 Å². The van der Waals surface area contributed by atoms with Crippen LogP contribution >= 0.6 is 38.6 Å². The summed E-state index contributed by atoms with van der Waals surface area (Å²) in [4.78, 5) is 1.97. The number of nitrogens with one attached hydrogen (secondary N) is 1. The molecule has 0 unspecified atom stereocenters. The molecular weight excluding hydrogens is 304 g/mol. The Morgan fingerprint density at radius 1 is 1.38 bits per heavy atom. The molecule has 0 bridgehead atoms. The first-order chi connectivity index (χ1) is 7.78. The van der Waals surface area contributed by atoms with Gasteiger partial charge in [0.05, 0.1) is 3.79 Å². The number of hydrogen-bond donors (Lipinski definition) is 1. The molecule has 0 amide bonds. The van der Waals surface area contributed by atoms with Crippen LogP contribution in [0, 0.1) is 11.3 Å². The molecule has 2 heterocycles. The summed E-state index contributed by atoms with van der Waals surface area (Å²) in [5.41, 5.74) is 1.29. The smallest absolute Gasteiger partial charge is 0.110 e. The van der Waals surface area contributed by atoms with Crippen LogP contribution in [-0.4, -0.2) is 0 Å². The predicted molar refractivity (Wildman–Crippen MR) is 71.6 cm³/mol. The van der Waals surface area contributed by atoms with Crippen LogP contribution in [0.4, 0.5) is 0 Å². The van der Waals surface area contributed by atoms with Gasteiger partial charge in [-0.15, -0.1) is 22.7 Å². The largest absolute Gasteiger partial charge is 0.308 e. The second-order valence-corrected chi connectivity index (χ2v) is 6.70. The maximum atomic E-state index is 8.69. The maximum Gasteiger partial charge on any atom is 0.110 e. The lowest BCUT2D eigenvalue weighted by molar-refractivity contribution is 0.702. The van der Waals surface area contributed by atoms with Crippen molar-refractivity contribution < 1.29 is 0 Å². The van der Waals surface area contributed by atoms with Crippen LogP contribution in [0.5, 0.6) is 0 Å². The third-order valence-corrected chi connectivity index (χ3v) is 4.57. The van der Waals surface area contributed by atoms with E-state index in [1.165, 1.54) is 10.4 Å². The molecule has 0 fully saturated rings. The zero-order chi connectivity index (χ0) is 11.4. The van der Waals surface area contributed by atoms with E-state index in [2.05, 4.69) is 38.8 Å². The van der Waals surface area contributed by atoms with Crippen molar-refractivity contribution >= 4 is 38.6 Å². The number of halogens is 1. The van der Waals surface area contributed by atoms with E-state index in [9.17, 15) is 0 Å². The SMILES string of the molecule is N#Cc1ccc(CNCc2csc(Br)c2)s1. The van der Waals surface area contributed by atoms with Gasteiger partial charge < -0.3 is 5.32 Å². The molecule has 0 aliphatic heterocycles. The van der Waals surface area contributed by atoms with Gasteiger partial charge in [0.1, 0.15) is 10.9 Å². The lowest BCUT2D eigenvalue weighted by atomic mass is 10.3. The first-order valence-corrected chi connectivity index (χ1v) is 7.19. The fourth-order valence-corrected chi connectivity index (χ4v) is 3.29. The van der Waals surface area contributed by atoms with Crippen molar-refractivity contribution in [1.29, 1.82) is 5.26 Å². The normalized spacial score (nSPS) is 10.2. The zero-order valence-electron chi connectivity index (χ0n) is 8.37. The molecule has 0 aromatic carbocycles. The van der Waals surface area contributed by atoms with Gasteiger partial charge in [-0.2, -0.15) is 5.26 Å². The van der Waals surface area contributed by atoms with E-state index in [0.29, 0.717) is 0 Å². The molecule has 0 saturated heterocycles. The van der Waals surface area contributed by atoms with Crippen LogP contribution in [0.1, 0.15) is 15.3 Å². The highest BCUT2D eigenvalue weighted by molar-refractivity contribution is 9.11. The topological polar surface area (TPSA) is 35.8 Å². The lowest BCUT2D eigenvalue weighted by Crippen LogP contribution is -2.10. The lowest BCUT2D eigenvalue weighted by Gasteiger charge is -1.99. The predicted octanol–water partition coefficient (Wildman–Crippen LogP) is 3.73. The molecule has 2 rings (SSSR count). The number of hydrogen-bond acceptors (Lipinski definition) is 4. The van der Waals surface area contributed by atoms with E-state index < -0.39 is 0 Å². The van der Waals surface area contributed by atoms with Crippen LogP contribution in [0.15, 0.2) is 27.4 Å². The van der Waals surface area contributed by atoms with Gasteiger partial charge in [-0.25, -0.2) is 0 Å².